The molecule has 12 aromatic carbocycles. The van der Waals surface area contributed by atoms with Crippen molar-refractivity contribution in [2.75, 3.05) is 47.8 Å². The van der Waals surface area contributed by atoms with E-state index in [9.17, 15) is 39.0 Å². The molecule has 0 spiro atoms. The molecule has 0 heterocycles. The average Bonchev–Trinajstić information content (AvgIpc) is 0.828. The quantitative estimate of drug-likeness (QED) is 0.00539. The molecule has 0 amide bonds. The number of ether oxygens (including phenoxy) is 13. The number of esters is 2. The first-order valence-electron chi connectivity index (χ1n) is 44.0. The van der Waals surface area contributed by atoms with Crippen LogP contribution in [0, 0.1) is 12.8 Å². The zero-order valence-electron chi connectivity index (χ0n) is 80.1. The van der Waals surface area contributed by atoms with Crippen molar-refractivity contribution in [3.63, 3.8) is 0 Å². The van der Waals surface area contributed by atoms with Gasteiger partial charge >= 0.3 is 30.4 Å². The highest BCUT2D eigenvalue weighted by Crippen LogP contribution is 2.40. The van der Waals surface area contributed by atoms with Crippen LogP contribution in [0.5, 0.6) is 46.0 Å². The molecule has 1 atom stereocenters. The van der Waals surface area contributed by atoms with Crippen LogP contribution in [0.15, 0.2) is 350 Å². The molecular formula is C109H122O23S4+4. The van der Waals surface area contributed by atoms with Crippen LogP contribution < -0.4 is 37.9 Å². The number of hydrogen-bond acceptors (Lipinski definition) is 23. The molecule has 1 unspecified atom stereocenters. The standard InChI is InChI=1S/C36H45O9S.C31H35O9S.C21H21O3S.C21H21O2S/c1-34(2,3)43-32(38)24-40-27-11-17-30(18-12-27)46(29-15-9-26(10-16-29)23-36(7,8)45-42-22-21-37)31-19-13-28(14-20-31)41-25-33(39)44-35(4,5)6;1-20(2)19-35-29(32)38-23-7-13-26(14-8-23)41(27-15-9-24(10-16-27)39-30(33)36-21(3)4)28-17-11-25(12-18-28)40-31(34)37-22(5)6;1-23-17-5-11-20(12-6-17)25(19-9-3-16(15-22)4-10-19)21-13-7-18(24-2)8-14-21;1-16-3-9-19(10-4-16)24(20-11-5-17(15-22)6-12-20)21-13-7-18(23-2)8-14-21/h9-21H,22-25H2,1-8H3;7-18,20-22H,19H2,1-6H3;3-14,22H,15H2,1-2H3;3-14,22H,15H2,1-2H3/q4*+1. The minimum Gasteiger partial charge on any atom is -0.497 e. The SMILES string of the molecule is CC(C)(C)OC(=O)COc1ccc([S+](c2ccc(CC(C)(C)OOCC=O)cc2)c2ccc(OCC(=O)OC(C)(C)C)cc2)cc1.CC(C)COC(=O)Oc1ccc([S+](c2ccc(OC(=O)OC(C)C)cc2)c2ccc(OC(=O)OC(C)C)cc2)cc1.COc1ccc([S+](c2ccc(C)cc2)c2ccc(CO)cc2)cc1.COc1ccc([S+](c2ccc(CO)cc2)c2ccc(OC)cc2)cc1. The number of aliphatic hydroxyl groups is 2. The van der Waals surface area contributed by atoms with Gasteiger partial charge in [-0.25, -0.2) is 33.7 Å². The number of methoxy groups -OCH3 is 3. The van der Waals surface area contributed by atoms with Crippen molar-refractivity contribution in [2.45, 2.75) is 211 Å². The lowest BCUT2D eigenvalue weighted by Crippen LogP contribution is -2.28. The second-order valence-electron chi connectivity index (χ2n) is 34.0. The van der Waals surface area contributed by atoms with Crippen LogP contribution in [0.2, 0.25) is 0 Å². The number of carbonyl (C=O) groups is 6. The molecule has 12 rings (SSSR count). The van der Waals surface area contributed by atoms with Crippen molar-refractivity contribution in [3.05, 3.63) is 313 Å². The Morgan fingerprint density at radius 2 is 0.574 bits per heavy atom. The maximum Gasteiger partial charge on any atom is 0.514 e. The summed E-state index contributed by atoms with van der Waals surface area (Å²) in [5.41, 5.74) is 2.35. The van der Waals surface area contributed by atoms with Gasteiger partial charge in [0.1, 0.15) is 75.7 Å². The molecule has 27 heteroatoms. The van der Waals surface area contributed by atoms with Gasteiger partial charge < -0.3 is 76.6 Å². The highest BCUT2D eigenvalue weighted by atomic mass is 32.2. The second-order valence-corrected chi connectivity index (χ2v) is 42.1. The summed E-state index contributed by atoms with van der Waals surface area (Å²) in [4.78, 5) is 94.3. The summed E-state index contributed by atoms with van der Waals surface area (Å²) in [5, 5.41) is 18.6. The maximum atomic E-state index is 12.1. The summed E-state index contributed by atoms with van der Waals surface area (Å²) in [6.07, 6.45) is -1.68. The van der Waals surface area contributed by atoms with Crippen LogP contribution in [0.4, 0.5) is 14.4 Å². The monoisotopic (exact) mass is 1930 g/mol. The largest absolute Gasteiger partial charge is 0.514 e. The van der Waals surface area contributed by atoms with Crippen molar-refractivity contribution in [3.8, 4) is 46.0 Å². The van der Waals surface area contributed by atoms with Crippen molar-refractivity contribution < 1.29 is 110 Å². The Hall–Kier alpha value is -12.7. The molecule has 0 aromatic heterocycles. The summed E-state index contributed by atoms with van der Waals surface area (Å²) in [6, 6.07) is 94.6. The summed E-state index contributed by atoms with van der Waals surface area (Å²) in [6.45, 7) is 27.5. The van der Waals surface area contributed by atoms with Gasteiger partial charge in [0.25, 0.3) is 0 Å². The predicted octanol–water partition coefficient (Wildman–Crippen LogP) is 23.4. The van der Waals surface area contributed by atoms with Crippen molar-refractivity contribution in [1.82, 2.24) is 0 Å². The van der Waals surface area contributed by atoms with Crippen LogP contribution in [-0.4, -0.2) is 124 Å². The third kappa shape index (κ3) is 35.8. The molecule has 0 fully saturated rings. The van der Waals surface area contributed by atoms with Gasteiger partial charge in [-0.1, -0.05) is 67.9 Å². The molecule has 0 bridgehead atoms. The molecule has 2 N–H and O–H groups in total. The van der Waals surface area contributed by atoms with Crippen molar-refractivity contribution in [2.24, 2.45) is 5.92 Å². The Kier molecular flexibility index (Phi) is 41.7. The molecular weight excluding hydrogens is 1810 g/mol. The normalized spacial score (nSPS) is 11.5. The van der Waals surface area contributed by atoms with E-state index in [-0.39, 0.29) is 79.6 Å². The zero-order valence-corrected chi connectivity index (χ0v) is 83.3. The van der Waals surface area contributed by atoms with E-state index >= 15 is 0 Å². The number of aryl methyl sites for hydroxylation is 1. The molecule has 0 aliphatic carbocycles. The van der Waals surface area contributed by atoms with Crippen LogP contribution in [0.1, 0.15) is 119 Å². The number of rotatable bonds is 36. The Balaban J connectivity index is 0.000000210. The van der Waals surface area contributed by atoms with Crippen LogP contribution in [-0.2, 0) is 111 Å². The van der Waals surface area contributed by atoms with E-state index in [4.69, 9.17) is 71.4 Å². The topological polar surface area (TPSA) is 281 Å². The third-order valence-electron chi connectivity index (χ3n) is 18.7. The molecule has 136 heavy (non-hydrogen) atoms. The first kappa shape index (κ1) is 107. The maximum absolute atomic E-state index is 12.1. The molecule has 0 saturated heterocycles. The molecule has 716 valence electrons. The summed E-state index contributed by atoms with van der Waals surface area (Å²) in [7, 11) is 3.48. The van der Waals surface area contributed by atoms with Crippen molar-refractivity contribution >= 4 is 80.3 Å². The Bertz CT molecular complexity index is 5370. The number of aldehydes is 1. The number of aliphatic hydroxyl groups excluding tert-OH is 2. The van der Waals surface area contributed by atoms with Gasteiger partial charge in [0, 0.05) is 6.42 Å². The Morgan fingerprint density at radius 1 is 0.331 bits per heavy atom. The number of hydrogen-bond donors (Lipinski definition) is 2. The summed E-state index contributed by atoms with van der Waals surface area (Å²) >= 11 is 0. The molecule has 0 aliphatic heterocycles. The molecule has 0 saturated carbocycles. The van der Waals surface area contributed by atoms with E-state index in [2.05, 4.69) is 116 Å². The highest BCUT2D eigenvalue weighted by molar-refractivity contribution is 7.98. The minimum atomic E-state index is -0.777. The van der Waals surface area contributed by atoms with Gasteiger partial charge in [0.15, 0.2) is 72.0 Å². The number of benzene rings is 12. The molecule has 12 aromatic rings. The third-order valence-corrected chi connectivity index (χ3v) is 27.6. The fourth-order valence-electron chi connectivity index (χ4n) is 12.7. The number of carbonyl (C=O) groups excluding carboxylic acids is 6. The van der Waals surface area contributed by atoms with Gasteiger partial charge in [-0.2, -0.15) is 0 Å². The van der Waals surface area contributed by atoms with Gasteiger partial charge in [-0.15, -0.1) is 0 Å². The first-order chi connectivity index (χ1) is 65.0. The fraction of sp³-hybridized carbons (Fsp3) is 0.284. The Labute approximate surface area is 809 Å². The van der Waals surface area contributed by atoms with E-state index in [1.807, 2.05) is 215 Å². The molecule has 0 aliphatic rings. The summed E-state index contributed by atoms with van der Waals surface area (Å²) in [5.74, 6) is 4.03. The lowest BCUT2D eigenvalue weighted by molar-refractivity contribution is -0.345. The predicted molar refractivity (Wildman–Crippen MR) is 527 cm³/mol. The second kappa shape index (κ2) is 53.0. The van der Waals surface area contributed by atoms with Crippen LogP contribution >= 0.6 is 0 Å². The molecule has 23 nitrogen and oxygen atoms in total. The van der Waals surface area contributed by atoms with E-state index in [0.29, 0.717) is 41.5 Å². The van der Waals surface area contributed by atoms with Gasteiger partial charge in [-0.05, 0) is 355 Å². The van der Waals surface area contributed by atoms with E-state index < -0.39 is 69.0 Å². The van der Waals surface area contributed by atoms with Crippen LogP contribution in [0.3, 0.4) is 0 Å². The van der Waals surface area contributed by atoms with E-state index in [1.54, 1.807) is 85.4 Å². The fourth-order valence-corrected chi connectivity index (χ4v) is 20.8. The lowest BCUT2D eigenvalue weighted by atomic mass is 9.99. The molecule has 0 radical (unpaired) electrons. The van der Waals surface area contributed by atoms with E-state index in [0.717, 1.165) is 63.3 Å². The minimum absolute atomic E-state index is 0.0547. The van der Waals surface area contributed by atoms with Crippen molar-refractivity contribution in [1.29, 1.82) is 0 Å². The van der Waals surface area contributed by atoms with E-state index in [1.165, 1.54) is 34.9 Å². The van der Waals surface area contributed by atoms with Crippen LogP contribution in [0.25, 0.3) is 0 Å². The smallest absolute Gasteiger partial charge is 0.497 e. The Morgan fingerprint density at radius 3 is 0.816 bits per heavy atom. The summed E-state index contributed by atoms with van der Waals surface area (Å²) < 4.78 is 68.9. The van der Waals surface area contributed by atoms with Gasteiger partial charge in [-0.3, -0.25) is 0 Å². The van der Waals surface area contributed by atoms with Gasteiger partial charge in [0.2, 0.25) is 0 Å². The van der Waals surface area contributed by atoms with Gasteiger partial charge in [0.05, 0.1) is 96.9 Å². The average molecular weight is 1930 g/mol. The lowest BCUT2D eigenvalue weighted by Gasteiger charge is -2.23. The first-order valence-corrected chi connectivity index (χ1v) is 48.9. The zero-order chi connectivity index (χ0) is 98.5. The highest BCUT2D eigenvalue weighted by Gasteiger charge is 2.35.